The lowest BCUT2D eigenvalue weighted by molar-refractivity contribution is -0.384. The summed E-state index contributed by atoms with van der Waals surface area (Å²) in [6.45, 7) is 3.94. The van der Waals surface area contributed by atoms with E-state index in [-0.39, 0.29) is 22.4 Å². The van der Waals surface area contributed by atoms with Crippen LogP contribution in [0.15, 0.2) is 24.3 Å². The zero-order valence-electron chi connectivity index (χ0n) is 14.8. The van der Waals surface area contributed by atoms with Crippen molar-refractivity contribution in [2.75, 3.05) is 25.4 Å². The largest absolute Gasteiger partial charge is 0.342 e. The first kappa shape index (κ1) is 18.7. The Kier molecular flexibility index (Phi) is 5.50. The summed E-state index contributed by atoms with van der Waals surface area (Å²) >= 11 is 1.77. The maximum atomic E-state index is 13.0. The number of nitro benzene ring substituents is 1. The average molecular weight is 377 g/mol. The van der Waals surface area contributed by atoms with Crippen LogP contribution in [-0.4, -0.2) is 56.8 Å². The predicted octanol–water partition coefficient (Wildman–Crippen LogP) is 2.90. The van der Waals surface area contributed by atoms with Crippen LogP contribution in [-0.2, 0) is 4.79 Å². The van der Waals surface area contributed by atoms with Gasteiger partial charge in [-0.15, -0.1) is 11.8 Å². The highest BCUT2D eigenvalue weighted by atomic mass is 32.2. The van der Waals surface area contributed by atoms with Crippen LogP contribution in [0.1, 0.15) is 43.0 Å². The summed E-state index contributed by atoms with van der Waals surface area (Å²) in [7, 11) is 0. The second kappa shape index (κ2) is 7.65. The van der Waals surface area contributed by atoms with Gasteiger partial charge in [-0.2, -0.15) is 0 Å². The first-order valence-corrected chi connectivity index (χ1v) is 9.93. The summed E-state index contributed by atoms with van der Waals surface area (Å²) in [6.07, 6.45) is 2.89. The van der Waals surface area contributed by atoms with Crippen molar-refractivity contribution >= 4 is 29.3 Å². The standard InChI is InChI=1S/C18H23N3O4S/c1-2-4-16(22)19-9-7-18(8-10-19)20(11-12-26-18)17(23)14-5-3-6-15(13-14)21(24)25/h3,5-6,13H,2,4,7-12H2,1H3. The number of thioether (sulfide) groups is 1. The van der Waals surface area contributed by atoms with E-state index in [0.717, 1.165) is 25.0 Å². The Morgan fingerprint density at radius 2 is 2.00 bits per heavy atom. The van der Waals surface area contributed by atoms with E-state index in [1.807, 2.05) is 16.7 Å². The molecule has 2 aliphatic rings. The van der Waals surface area contributed by atoms with Crippen LogP contribution >= 0.6 is 11.8 Å². The average Bonchev–Trinajstić information content (AvgIpc) is 3.05. The zero-order valence-corrected chi connectivity index (χ0v) is 15.7. The van der Waals surface area contributed by atoms with E-state index in [1.165, 1.54) is 12.1 Å². The predicted molar refractivity (Wildman–Crippen MR) is 100 cm³/mol. The molecule has 140 valence electrons. The van der Waals surface area contributed by atoms with Gasteiger partial charge in [0.25, 0.3) is 11.6 Å². The number of rotatable bonds is 4. The fourth-order valence-electron chi connectivity index (χ4n) is 3.70. The molecule has 2 heterocycles. The Morgan fingerprint density at radius 3 is 2.65 bits per heavy atom. The number of likely N-dealkylation sites (tertiary alicyclic amines) is 1. The molecule has 0 aliphatic carbocycles. The molecule has 0 radical (unpaired) electrons. The van der Waals surface area contributed by atoms with Crippen molar-refractivity contribution in [3.63, 3.8) is 0 Å². The molecule has 0 bridgehead atoms. The lowest BCUT2D eigenvalue weighted by atomic mass is 10.0. The van der Waals surface area contributed by atoms with Gasteiger partial charge in [0.15, 0.2) is 0 Å². The van der Waals surface area contributed by atoms with Gasteiger partial charge in [-0.05, 0) is 25.3 Å². The molecular weight excluding hydrogens is 354 g/mol. The van der Waals surface area contributed by atoms with Gasteiger partial charge < -0.3 is 9.80 Å². The van der Waals surface area contributed by atoms with Crippen LogP contribution in [0.3, 0.4) is 0 Å². The number of nitrogens with zero attached hydrogens (tertiary/aromatic N) is 3. The highest BCUT2D eigenvalue weighted by Crippen LogP contribution is 2.44. The molecule has 0 atom stereocenters. The molecule has 26 heavy (non-hydrogen) atoms. The Hall–Kier alpha value is -2.09. The van der Waals surface area contributed by atoms with Crippen LogP contribution in [0, 0.1) is 10.1 Å². The Bertz CT molecular complexity index is 716. The van der Waals surface area contributed by atoms with E-state index in [0.29, 0.717) is 31.6 Å². The molecule has 0 unspecified atom stereocenters. The summed E-state index contributed by atoms with van der Waals surface area (Å²) in [5.41, 5.74) is 0.280. The van der Waals surface area contributed by atoms with Crippen LogP contribution in [0.2, 0.25) is 0 Å². The van der Waals surface area contributed by atoms with Gasteiger partial charge in [-0.1, -0.05) is 13.0 Å². The normalized spacial score (nSPS) is 19.0. The lowest BCUT2D eigenvalue weighted by Gasteiger charge is -2.44. The Morgan fingerprint density at radius 1 is 1.27 bits per heavy atom. The van der Waals surface area contributed by atoms with E-state index < -0.39 is 4.92 Å². The highest BCUT2D eigenvalue weighted by Gasteiger charge is 2.47. The first-order valence-electron chi connectivity index (χ1n) is 8.95. The van der Waals surface area contributed by atoms with Gasteiger partial charge in [0.1, 0.15) is 0 Å². The number of piperidine rings is 1. The minimum atomic E-state index is -0.483. The molecule has 0 saturated carbocycles. The summed E-state index contributed by atoms with van der Waals surface area (Å²) < 4.78 is 0. The van der Waals surface area contributed by atoms with Crippen LogP contribution in [0.5, 0.6) is 0 Å². The van der Waals surface area contributed by atoms with E-state index in [1.54, 1.807) is 23.9 Å². The number of amides is 2. The smallest absolute Gasteiger partial charge is 0.270 e. The molecular formula is C18H23N3O4S. The van der Waals surface area contributed by atoms with Crippen LogP contribution in [0.4, 0.5) is 5.69 Å². The summed E-state index contributed by atoms with van der Waals surface area (Å²) in [5, 5.41) is 11.0. The molecule has 0 aromatic heterocycles. The first-order chi connectivity index (χ1) is 12.5. The van der Waals surface area contributed by atoms with Gasteiger partial charge >= 0.3 is 0 Å². The maximum absolute atomic E-state index is 13.0. The molecule has 2 amide bonds. The number of non-ortho nitro benzene ring substituents is 1. The van der Waals surface area contributed by atoms with Crippen LogP contribution < -0.4 is 0 Å². The summed E-state index contributed by atoms with van der Waals surface area (Å²) in [6, 6.07) is 5.92. The fraction of sp³-hybridized carbons (Fsp3) is 0.556. The molecule has 2 fully saturated rings. The fourth-order valence-corrected chi connectivity index (χ4v) is 5.15. The van der Waals surface area contributed by atoms with Crippen molar-refractivity contribution in [2.45, 2.75) is 37.5 Å². The van der Waals surface area contributed by atoms with E-state index >= 15 is 0 Å². The topological polar surface area (TPSA) is 83.8 Å². The van der Waals surface area contributed by atoms with Gasteiger partial charge in [0, 0.05) is 49.5 Å². The number of nitro groups is 1. The number of benzene rings is 1. The van der Waals surface area contributed by atoms with Crippen molar-refractivity contribution in [3.05, 3.63) is 39.9 Å². The quantitative estimate of drug-likeness (QED) is 0.595. The van der Waals surface area contributed by atoms with E-state index in [9.17, 15) is 19.7 Å². The van der Waals surface area contributed by atoms with Crippen molar-refractivity contribution in [2.24, 2.45) is 0 Å². The van der Waals surface area contributed by atoms with Gasteiger partial charge in [0.2, 0.25) is 5.91 Å². The SMILES string of the molecule is CCCC(=O)N1CCC2(CC1)SCCN2C(=O)c1cccc([N+](=O)[O-])c1. The van der Waals surface area contributed by atoms with Crippen molar-refractivity contribution in [1.29, 1.82) is 0 Å². The maximum Gasteiger partial charge on any atom is 0.270 e. The number of hydrogen-bond acceptors (Lipinski definition) is 5. The molecule has 7 nitrogen and oxygen atoms in total. The monoisotopic (exact) mass is 377 g/mol. The minimum Gasteiger partial charge on any atom is -0.342 e. The third kappa shape index (κ3) is 3.56. The van der Waals surface area contributed by atoms with E-state index in [4.69, 9.17) is 0 Å². The second-order valence-corrected chi connectivity index (χ2v) is 8.15. The number of hydrogen-bond donors (Lipinski definition) is 0. The molecule has 8 heteroatoms. The highest BCUT2D eigenvalue weighted by molar-refractivity contribution is 8.00. The second-order valence-electron chi connectivity index (χ2n) is 6.69. The molecule has 2 aliphatic heterocycles. The van der Waals surface area contributed by atoms with Gasteiger partial charge in [-0.25, -0.2) is 0 Å². The molecule has 0 N–H and O–H groups in total. The molecule has 2 saturated heterocycles. The van der Waals surface area contributed by atoms with Crippen molar-refractivity contribution in [1.82, 2.24) is 9.80 Å². The Balaban J connectivity index is 1.74. The summed E-state index contributed by atoms with van der Waals surface area (Å²) in [5.74, 6) is 0.873. The molecule has 3 rings (SSSR count). The molecule has 1 aromatic carbocycles. The minimum absolute atomic E-state index is 0.0725. The third-order valence-electron chi connectivity index (χ3n) is 5.09. The molecule has 1 aromatic rings. The van der Waals surface area contributed by atoms with Crippen LogP contribution in [0.25, 0.3) is 0 Å². The number of carbonyl (C=O) groups is 2. The van der Waals surface area contributed by atoms with Gasteiger partial charge in [-0.3, -0.25) is 19.7 Å². The van der Waals surface area contributed by atoms with Crippen molar-refractivity contribution < 1.29 is 14.5 Å². The third-order valence-corrected chi connectivity index (χ3v) is 6.64. The lowest BCUT2D eigenvalue weighted by Crippen LogP contribution is -2.53. The van der Waals surface area contributed by atoms with Gasteiger partial charge in [0.05, 0.1) is 9.79 Å². The Labute approximate surface area is 156 Å². The summed E-state index contributed by atoms with van der Waals surface area (Å²) in [4.78, 5) is 39.1. The zero-order chi connectivity index (χ0) is 18.7. The molecule has 1 spiro atoms. The van der Waals surface area contributed by atoms with Crippen molar-refractivity contribution in [3.8, 4) is 0 Å². The van der Waals surface area contributed by atoms with E-state index in [2.05, 4.69) is 0 Å². The number of carbonyl (C=O) groups excluding carboxylic acids is 2.